The monoisotopic (exact) mass is 344 g/mol. The van der Waals surface area contributed by atoms with Crippen molar-refractivity contribution in [2.24, 2.45) is 0 Å². The fourth-order valence-electron chi connectivity index (χ4n) is 2.98. The molecule has 0 amide bonds. The van der Waals surface area contributed by atoms with Crippen molar-refractivity contribution in [1.29, 1.82) is 0 Å². The lowest BCUT2D eigenvalue weighted by atomic mass is 9.97. The van der Waals surface area contributed by atoms with Gasteiger partial charge in [0.2, 0.25) is 0 Å². The minimum absolute atomic E-state index is 0.0195. The molecule has 0 aliphatic heterocycles. The minimum atomic E-state index is -0.0195. The van der Waals surface area contributed by atoms with Gasteiger partial charge in [-0.25, -0.2) is 0 Å². The SMILES string of the molecule is Cc1ccc2c(C(=O)c3ccc(O)cc3)c(-c3ccccc3)sc2c1. The van der Waals surface area contributed by atoms with Gasteiger partial charge in [0.25, 0.3) is 0 Å². The van der Waals surface area contributed by atoms with Crippen LogP contribution in [0.4, 0.5) is 0 Å². The molecule has 0 aliphatic carbocycles. The number of carbonyl (C=O) groups excluding carboxylic acids is 1. The Labute approximate surface area is 150 Å². The molecule has 2 nitrogen and oxygen atoms in total. The summed E-state index contributed by atoms with van der Waals surface area (Å²) < 4.78 is 1.11. The highest BCUT2D eigenvalue weighted by Crippen LogP contribution is 2.40. The van der Waals surface area contributed by atoms with E-state index in [1.807, 2.05) is 42.5 Å². The molecule has 4 aromatic rings. The molecular weight excluding hydrogens is 328 g/mol. The summed E-state index contributed by atoms with van der Waals surface area (Å²) in [6, 6.07) is 22.6. The molecule has 0 spiro atoms. The van der Waals surface area contributed by atoms with Crippen LogP contribution in [0, 0.1) is 6.92 Å². The maximum atomic E-state index is 13.2. The van der Waals surface area contributed by atoms with E-state index in [9.17, 15) is 9.90 Å². The summed E-state index contributed by atoms with van der Waals surface area (Å²) in [7, 11) is 0. The first kappa shape index (κ1) is 15.6. The first-order valence-electron chi connectivity index (χ1n) is 8.06. The first-order valence-corrected chi connectivity index (χ1v) is 8.87. The molecular formula is C22H16O2S. The average Bonchev–Trinajstić information content (AvgIpc) is 3.01. The van der Waals surface area contributed by atoms with Crippen LogP contribution in [0.25, 0.3) is 20.5 Å². The Morgan fingerprint density at radius 2 is 1.64 bits per heavy atom. The van der Waals surface area contributed by atoms with Crippen molar-refractivity contribution in [3.8, 4) is 16.2 Å². The molecule has 4 rings (SSSR count). The largest absolute Gasteiger partial charge is 0.508 e. The van der Waals surface area contributed by atoms with Crippen LogP contribution < -0.4 is 0 Å². The van der Waals surface area contributed by atoms with Crippen LogP contribution in [-0.4, -0.2) is 10.9 Å². The summed E-state index contributed by atoms with van der Waals surface area (Å²) in [5, 5.41) is 10.5. The van der Waals surface area contributed by atoms with Gasteiger partial charge in [0, 0.05) is 26.1 Å². The van der Waals surface area contributed by atoms with E-state index in [2.05, 4.69) is 13.0 Å². The van der Waals surface area contributed by atoms with Crippen molar-refractivity contribution in [3.05, 3.63) is 89.5 Å². The Hall–Kier alpha value is -2.91. The number of ketones is 1. The zero-order valence-electron chi connectivity index (χ0n) is 13.7. The summed E-state index contributed by atoms with van der Waals surface area (Å²) in [6.45, 7) is 2.06. The predicted octanol–water partition coefficient (Wildman–Crippen LogP) is 5.81. The molecule has 0 bridgehead atoms. The van der Waals surface area contributed by atoms with Crippen LogP contribution in [0.2, 0.25) is 0 Å². The number of phenolic OH excluding ortho intramolecular Hbond substituents is 1. The molecule has 0 radical (unpaired) electrons. The van der Waals surface area contributed by atoms with E-state index in [0.717, 1.165) is 26.1 Å². The second kappa shape index (κ2) is 6.19. The van der Waals surface area contributed by atoms with Crippen LogP contribution in [0.5, 0.6) is 5.75 Å². The van der Waals surface area contributed by atoms with Gasteiger partial charge >= 0.3 is 0 Å². The van der Waals surface area contributed by atoms with Gasteiger partial charge in [-0.1, -0.05) is 42.5 Å². The number of aromatic hydroxyl groups is 1. The number of carbonyl (C=O) groups is 1. The third kappa shape index (κ3) is 2.83. The molecule has 1 heterocycles. The van der Waals surface area contributed by atoms with Gasteiger partial charge in [-0.2, -0.15) is 0 Å². The number of rotatable bonds is 3. The summed E-state index contributed by atoms with van der Waals surface area (Å²) in [5.74, 6) is 0.139. The molecule has 3 heteroatoms. The Balaban J connectivity index is 1.97. The van der Waals surface area contributed by atoms with Crippen LogP contribution in [-0.2, 0) is 0 Å². The fourth-order valence-corrected chi connectivity index (χ4v) is 4.28. The van der Waals surface area contributed by atoms with Gasteiger partial charge in [-0.3, -0.25) is 4.79 Å². The van der Waals surface area contributed by atoms with Crippen molar-refractivity contribution in [2.45, 2.75) is 6.92 Å². The molecule has 0 unspecified atom stereocenters. The number of hydrogen-bond acceptors (Lipinski definition) is 3. The summed E-state index contributed by atoms with van der Waals surface area (Å²) in [4.78, 5) is 14.2. The van der Waals surface area contributed by atoms with Crippen molar-refractivity contribution in [1.82, 2.24) is 0 Å². The molecule has 0 fully saturated rings. The van der Waals surface area contributed by atoms with Crippen LogP contribution in [0.3, 0.4) is 0 Å². The molecule has 1 aromatic heterocycles. The van der Waals surface area contributed by atoms with Gasteiger partial charge in [0.05, 0.1) is 0 Å². The topological polar surface area (TPSA) is 37.3 Å². The minimum Gasteiger partial charge on any atom is -0.508 e. The van der Waals surface area contributed by atoms with Gasteiger partial charge in [0.15, 0.2) is 5.78 Å². The molecule has 0 aliphatic rings. The van der Waals surface area contributed by atoms with Gasteiger partial charge in [-0.15, -0.1) is 11.3 Å². The maximum absolute atomic E-state index is 13.2. The van der Waals surface area contributed by atoms with Gasteiger partial charge in [0.1, 0.15) is 5.75 Å². The molecule has 122 valence electrons. The highest BCUT2D eigenvalue weighted by Gasteiger charge is 2.21. The number of benzene rings is 3. The van der Waals surface area contributed by atoms with Crippen molar-refractivity contribution in [2.75, 3.05) is 0 Å². The van der Waals surface area contributed by atoms with Gasteiger partial charge in [-0.05, 0) is 48.4 Å². The number of phenols is 1. The highest BCUT2D eigenvalue weighted by molar-refractivity contribution is 7.22. The molecule has 25 heavy (non-hydrogen) atoms. The summed E-state index contributed by atoms with van der Waals surface area (Å²) >= 11 is 1.65. The van der Waals surface area contributed by atoms with E-state index in [0.29, 0.717) is 5.56 Å². The van der Waals surface area contributed by atoms with E-state index in [1.165, 1.54) is 5.56 Å². The quantitative estimate of drug-likeness (QED) is 0.476. The zero-order chi connectivity index (χ0) is 17.4. The van der Waals surface area contributed by atoms with Crippen molar-refractivity contribution >= 4 is 27.2 Å². The molecule has 0 atom stereocenters. The third-order valence-corrected chi connectivity index (χ3v) is 5.44. The number of fused-ring (bicyclic) bond motifs is 1. The average molecular weight is 344 g/mol. The Morgan fingerprint density at radius 3 is 2.36 bits per heavy atom. The summed E-state index contributed by atoms with van der Waals surface area (Å²) in [6.07, 6.45) is 0. The molecule has 0 saturated carbocycles. The maximum Gasteiger partial charge on any atom is 0.195 e. The summed E-state index contributed by atoms with van der Waals surface area (Å²) in [5.41, 5.74) is 3.53. The lowest BCUT2D eigenvalue weighted by Crippen LogP contribution is -2.01. The molecule has 3 aromatic carbocycles. The van der Waals surface area contributed by atoms with Crippen LogP contribution >= 0.6 is 11.3 Å². The Bertz CT molecular complexity index is 1060. The zero-order valence-corrected chi connectivity index (χ0v) is 14.5. The third-order valence-electron chi connectivity index (χ3n) is 4.24. The Morgan fingerprint density at radius 1 is 0.920 bits per heavy atom. The van der Waals surface area contributed by atoms with Crippen LogP contribution in [0.1, 0.15) is 21.5 Å². The Kier molecular flexibility index (Phi) is 3.86. The lowest BCUT2D eigenvalue weighted by Gasteiger charge is -2.05. The van der Waals surface area contributed by atoms with E-state index in [-0.39, 0.29) is 11.5 Å². The second-order valence-corrected chi connectivity index (χ2v) is 7.10. The molecule has 1 N–H and O–H groups in total. The fraction of sp³-hybridized carbons (Fsp3) is 0.0455. The highest BCUT2D eigenvalue weighted by atomic mass is 32.1. The number of aryl methyl sites for hydroxylation is 1. The van der Waals surface area contributed by atoms with E-state index >= 15 is 0 Å². The van der Waals surface area contributed by atoms with Gasteiger partial charge < -0.3 is 5.11 Å². The second-order valence-electron chi connectivity index (χ2n) is 6.05. The number of hydrogen-bond donors (Lipinski definition) is 1. The van der Waals surface area contributed by atoms with E-state index < -0.39 is 0 Å². The predicted molar refractivity (Wildman–Crippen MR) is 104 cm³/mol. The van der Waals surface area contributed by atoms with Crippen molar-refractivity contribution < 1.29 is 9.90 Å². The van der Waals surface area contributed by atoms with Crippen molar-refractivity contribution in [3.63, 3.8) is 0 Å². The number of thiophene rings is 1. The van der Waals surface area contributed by atoms with Crippen LogP contribution in [0.15, 0.2) is 72.8 Å². The smallest absolute Gasteiger partial charge is 0.195 e. The van der Waals surface area contributed by atoms with E-state index in [1.54, 1.807) is 35.6 Å². The first-order chi connectivity index (χ1) is 12.1. The normalized spacial score (nSPS) is 10.9. The molecule has 0 saturated heterocycles. The van der Waals surface area contributed by atoms with E-state index in [4.69, 9.17) is 0 Å². The lowest BCUT2D eigenvalue weighted by molar-refractivity contribution is 0.104. The standard InChI is InChI=1S/C22H16O2S/c1-14-7-12-18-19(13-14)25-22(16-5-3-2-4-6-16)20(18)21(24)15-8-10-17(23)11-9-15/h2-13,23H,1H3.